The normalized spacial score (nSPS) is 12.6. The molecule has 0 aromatic carbocycles. The molecule has 5 nitrogen and oxygen atoms in total. The van der Waals surface area contributed by atoms with Crippen LogP contribution in [0.5, 0.6) is 0 Å². The molecule has 1 unspecified atom stereocenters. The highest BCUT2D eigenvalue weighted by molar-refractivity contribution is 9.10. The number of halogens is 2. The Labute approximate surface area is 112 Å². The average molecular weight is 315 g/mol. The molecule has 2 aromatic rings. The Bertz CT molecular complexity index is 519. The summed E-state index contributed by atoms with van der Waals surface area (Å²) in [6, 6.07) is 4.93. The molecule has 0 bridgehead atoms. The highest BCUT2D eigenvalue weighted by Gasteiger charge is 2.11. The second-order valence-electron chi connectivity index (χ2n) is 3.80. The maximum Gasteiger partial charge on any atom is 0.266 e. The van der Waals surface area contributed by atoms with Crippen LogP contribution in [0.25, 0.3) is 11.6 Å². The van der Waals surface area contributed by atoms with E-state index in [1.807, 2.05) is 6.07 Å². The summed E-state index contributed by atoms with van der Waals surface area (Å²) in [5.74, 6) is 0.788. The van der Waals surface area contributed by atoms with Crippen LogP contribution >= 0.6 is 15.9 Å². The molecule has 96 valence electrons. The van der Waals surface area contributed by atoms with Crippen molar-refractivity contribution in [1.29, 1.82) is 0 Å². The molecule has 2 N–H and O–H groups in total. The van der Waals surface area contributed by atoms with Crippen molar-refractivity contribution in [2.45, 2.75) is 18.9 Å². The Morgan fingerprint density at radius 1 is 1.39 bits per heavy atom. The first-order valence-corrected chi connectivity index (χ1v) is 6.25. The molecular formula is C11H12BrFN4O. The number of pyridine rings is 1. The largest absolute Gasteiger partial charge is 0.419 e. The van der Waals surface area contributed by atoms with E-state index in [0.717, 1.165) is 0 Å². The summed E-state index contributed by atoms with van der Waals surface area (Å²) in [6.07, 6.45) is 0.941. The van der Waals surface area contributed by atoms with Gasteiger partial charge in [0.1, 0.15) is 17.0 Å². The topological polar surface area (TPSA) is 77.8 Å². The fraction of sp³-hybridized carbons (Fsp3) is 0.364. The van der Waals surface area contributed by atoms with E-state index in [0.29, 0.717) is 34.9 Å². The van der Waals surface area contributed by atoms with Gasteiger partial charge in [0.15, 0.2) is 0 Å². The van der Waals surface area contributed by atoms with E-state index in [2.05, 4.69) is 31.1 Å². The van der Waals surface area contributed by atoms with Crippen molar-refractivity contribution in [2.75, 3.05) is 6.67 Å². The molecule has 0 spiro atoms. The predicted octanol–water partition coefficient (Wildman–Crippen LogP) is 2.12. The molecule has 2 rings (SSSR count). The maximum atomic E-state index is 12.2. The molecule has 0 fully saturated rings. The van der Waals surface area contributed by atoms with Crippen LogP contribution in [0.3, 0.4) is 0 Å². The molecule has 0 aliphatic heterocycles. The lowest BCUT2D eigenvalue weighted by Crippen LogP contribution is -2.22. The molecule has 7 heteroatoms. The first-order valence-electron chi connectivity index (χ1n) is 5.46. The van der Waals surface area contributed by atoms with Gasteiger partial charge in [-0.15, -0.1) is 10.2 Å². The molecule has 0 saturated heterocycles. The second kappa shape index (κ2) is 6.01. The lowest BCUT2D eigenvalue weighted by Gasteiger charge is -2.02. The number of nitrogens with two attached hydrogens (primary N) is 1. The number of aromatic nitrogens is 3. The van der Waals surface area contributed by atoms with Gasteiger partial charge in [0.05, 0.1) is 0 Å². The number of hydrogen-bond acceptors (Lipinski definition) is 5. The van der Waals surface area contributed by atoms with Gasteiger partial charge in [-0.25, -0.2) is 9.37 Å². The van der Waals surface area contributed by atoms with E-state index in [4.69, 9.17) is 10.2 Å². The van der Waals surface area contributed by atoms with Crippen LogP contribution < -0.4 is 5.73 Å². The van der Waals surface area contributed by atoms with Crippen molar-refractivity contribution < 1.29 is 8.81 Å². The van der Waals surface area contributed by atoms with Crippen LogP contribution in [0, 0.1) is 0 Å². The number of rotatable bonds is 5. The number of aryl methyl sites for hydroxylation is 1. The van der Waals surface area contributed by atoms with E-state index < -0.39 is 12.7 Å². The van der Waals surface area contributed by atoms with Crippen molar-refractivity contribution in [2.24, 2.45) is 5.73 Å². The van der Waals surface area contributed by atoms with Crippen LogP contribution in [-0.2, 0) is 6.42 Å². The van der Waals surface area contributed by atoms with Gasteiger partial charge in [-0.05, 0) is 34.5 Å². The Balaban J connectivity index is 2.06. The van der Waals surface area contributed by atoms with Gasteiger partial charge in [-0.3, -0.25) is 0 Å². The van der Waals surface area contributed by atoms with Gasteiger partial charge >= 0.3 is 0 Å². The van der Waals surface area contributed by atoms with Crippen molar-refractivity contribution in [3.05, 3.63) is 28.7 Å². The van der Waals surface area contributed by atoms with E-state index in [9.17, 15) is 4.39 Å². The molecule has 0 aliphatic rings. The van der Waals surface area contributed by atoms with Crippen LogP contribution in [0.15, 0.2) is 27.2 Å². The number of alkyl halides is 1. The first kappa shape index (κ1) is 13.1. The fourth-order valence-corrected chi connectivity index (χ4v) is 1.72. The van der Waals surface area contributed by atoms with Crippen LogP contribution in [-0.4, -0.2) is 27.9 Å². The molecule has 18 heavy (non-hydrogen) atoms. The zero-order valence-electron chi connectivity index (χ0n) is 9.51. The molecule has 0 radical (unpaired) electrons. The Morgan fingerprint density at radius 2 is 2.22 bits per heavy atom. The highest BCUT2D eigenvalue weighted by Crippen LogP contribution is 2.18. The molecule has 2 heterocycles. The van der Waals surface area contributed by atoms with Gasteiger partial charge in [-0.2, -0.15) is 0 Å². The third-order valence-corrected chi connectivity index (χ3v) is 2.77. The summed E-state index contributed by atoms with van der Waals surface area (Å²) in [5.41, 5.74) is 6.07. The smallest absolute Gasteiger partial charge is 0.266 e. The quantitative estimate of drug-likeness (QED) is 0.855. The third-order valence-electron chi connectivity index (χ3n) is 2.33. The average Bonchev–Trinajstić information content (AvgIpc) is 2.84. The first-order chi connectivity index (χ1) is 8.69. The van der Waals surface area contributed by atoms with Gasteiger partial charge < -0.3 is 10.2 Å². The molecule has 1 atom stereocenters. The molecule has 2 aromatic heterocycles. The lowest BCUT2D eigenvalue weighted by molar-refractivity contribution is 0.399. The Kier molecular flexibility index (Phi) is 4.38. The molecule has 0 saturated carbocycles. The minimum absolute atomic E-state index is 0.347. The Hall–Kier alpha value is -1.34. The van der Waals surface area contributed by atoms with E-state index in [1.165, 1.54) is 0 Å². The van der Waals surface area contributed by atoms with E-state index in [1.54, 1.807) is 12.1 Å². The Morgan fingerprint density at radius 3 is 2.94 bits per heavy atom. The van der Waals surface area contributed by atoms with Crippen LogP contribution in [0.4, 0.5) is 4.39 Å². The minimum Gasteiger partial charge on any atom is -0.419 e. The SMILES string of the molecule is NC(CF)CCc1nnc(-c2cccc(Br)n2)o1. The van der Waals surface area contributed by atoms with Crippen LogP contribution in [0.1, 0.15) is 12.3 Å². The zero-order valence-corrected chi connectivity index (χ0v) is 11.1. The summed E-state index contributed by atoms with van der Waals surface area (Å²) < 4.78 is 18.3. The molecule has 0 aliphatic carbocycles. The van der Waals surface area contributed by atoms with Crippen molar-refractivity contribution in [3.8, 4) is 11.6 Å². The van der Waals surface area contributed by atoms with Gasteiger partial charge in [0.2, 0.25) is 5.89 Å². The monoisotopic (exact) mass is 314 g/mol. The summed E-state index contributed by atoms with van der Waals surface area (Å²) in [7, 11) is 0. The standard InChI is InChI=1S/C11H12BrFN4O/c12-9-3-1-2-8(15-9)11-17-16-10(18-11)5-4-7(14)6-13/h1-3,7H,4-6,14H2. The second-order valence-corrected chi connectivity index (χ2v) is 4.61. The van der Waals surface area contributed by atoms with Crippen molar-refractivity contribution in [3.63, 3.8) is 0 Å². The van der Waals surface area contributed by atoms with Gasteiger partial charge in [0.25, 0.3) is 5.89 Å². The minimum atomic E-state index is -0.547. The summed E-state index contributed by atoms with van der Waals surface area (Å²) in [6.45, 7) is -0.547. The summed E-state index contributed by atoms with van der Waals surface area (Å²) in [5, 5.41) is 7.78. The fourth-order valence-electron chi connectivity index (χ4n) is 1.37. The molecular weight excluding hydrogens is 303 g/mol. The third kappa shape index (κ3) is 3.33. The molecule has 0 amide bonds. The number of nitrogens with zero attached hydrogens (tertiary/aromatic N) is 3. The number of hydrogen-bond donors (Lipinski definition) is 1. The van der Waals surface area contributed by atoms with Gasteiger partial charge in [0, 0.05) is 12.5 Å². The van der Waals surface area contributed by atoms with Crippen LogP contribution in [0.2, 0.25) is 0 Å². The maximum absolute atomic E-state index is 12.2. The zero-order chi connectivity index (χ0) is 13.0. The van der Waals surface area contributed by atoms with Gasteiger partial charge in [-0.1, -0.05) is 6.07 Å². The van der Waals surface area contributed by atoms with Crippen molar-refractivity contribution >= 4 is 15.9 Å². The lowest BCUT2D eigenvalue weighted by atomic mass is 10.2. The highest BCUT2D eigenvalue weighted by atomic mass is 79.9. The van der Waals surface area contributed by atoms with Crippen molar-refractivity contribution in [1.82, 2.24) is 15.2 Å². The van der Waals surface area contributed by atoms with E-state index in [-0.39, 0.29) is 0 Å². The summed E-state index contributed by atoms with van der Waals surface area (Å²) >= 11 is 3.27. The summed E-state index contributed by atoms with van der Waals surface area (Å²) in [4.78, 5) is 4.20. The predicted molar refractivity (Wildman–Crippen MR) is 67.5 cm³/mol. The van der Waals surface area contributed by atoms with E-state index >= 15 is 0 Å².